The maximum absolute atomic E-state index is 12.9. The number of nitrogens with one attached hydrogen (secondary N) is 2. The Morgan fingerprint density at radius 1 is 0.886 bits per heavy atom. The molecule has 1 aliphatic rings. The van der Waals surface area contributed by atoms with Crippen LogP contribution in [0.2, 0.25) is 0 Å². The van der Waals surface area contributed by atoms with Crippen molar-refractivity contribution in [1.82, 2.24) is 10.6 Å². The van der Waals surface area contributed by atoms with Crippen molar-refractivity contribution < 1.29 is 24.2 Å². The predicted molar refractivity (Wildman–Crippen MR) is 132 cm³/mol. The van der Waals surface area contributed by atoms with Crippen LogP contribution in [-0.4, -0.2) is 35.7 Å². The van der Waals surface area contributed by atoms with Gasteiger partial charge >= 0.3 is 12.1 Å². The monoisotopic (exact) mass is 472 g/mol. The second-order valence-electron chi connectivity index (χ2n) is 9.10. The summed E-state index contributed by atoms with van der Waals surface area (Å²) < 4.78 is 5.49. The molecule has 7 heteroatoms. The fourth-order valence-electron chi connectivity index (χ4n) is 4.49. The van der Waals surface area contributed by atoms with Gasteiger partial charge in [0.1, 0.15) is 12.6 Å². The second-order valence-corrected chi connectivity index (χ2v) is 9.10. The minimum absolute atomic E-state index is 0.0662. The van der Waals surface area contributed by atoms with Crippen molar-refractivity contribution in [3.63, 3.8) is 0 Å². The predicted octanol–water partition coefficient (Wildman–Crippen LogP) is 4.42. The van der Waals surface area contributed by atoms with Gasteiger partial charge in [-0.3, -0.25) is 9.59 Å². The molecule has 0 bridgehead atoms. The molecule has 1 unspecified atom stereocenters. The average Bonchev–Trinajstić information content (AvgIpc) is 3.16. The molecular weight excluding hydrogens is 444 g/mol. The Labute approximate surface area is 204 Å². The number of carbonyl (C=O) groups is 3. The van der Waals surface area contributed by atoms with Crippen molar-refractivity contribution in [3.8, 4) is 11.1 Å². The Hall–Kier alpha value is -4.13. The van der Waals surface area contributed by atoms with Crippen LogP contribution in [0.15, 0.2) is 78.9 Å². The quantitative estimate of drug-likeness (QED) is 0.450. The Bertz CT molecular complexity index is 1190. The van der Waals surface area contributed by atoms with E-state index >= 15 is 0 Å². The molecule has 0 fully saturated rings. The highest BCUT2D eigenvalue weighted by Crippen LogP contribution is 2.44. The van der Waals surface area contributed by atoms with E-state index < -0.39 is 36.0 Å². The molecule has 0 aromatic heterocycles. The second kappa shape index (κ2) is 10.0. The summed E-state index contributed by atoms with van der Waals surface area (Å²) in [5.74, 6) is -1.95. The van der Waals surface area contributed by atoms with Gasteiger partial charge in [-0.15, -0.1) is 0 Å². The van der Waals surface area contributed by atoms with Crippen molar-refractivity contribution in [3.05, 3.63) is 95.6 Å². The minimum atomic E-state index is -1.29. The number of carboxylic acids is 1. The normalized spacial score (nSPS) is 13.3. The number of ether oxygens (including phenoxy) is 1. The smallest absolute Gasteiger partial charge is 0.407 e. The number of hydrogen-bond donors (Lipinski definition) is 3. The molecule has 3 aromatic carbocycles. The summed E-state index contributed by atoms with van der Waals surface area (Å²) in [5.41, 5.74) is 4.41. The van der Waals surface area contributed by atoms with Crippen LogP contribution < -0.4 is 10.6 Å². The van der Waals surface area contributed by atoms with E-state index in [1.165, 1.54) is 0 Å². The number of fused-ring (bicyclic) bond motifs is 3. The zero-order valence-electron chi connectivity index (χ0n) is 19.7. The first-order valence-electron chi connectivity index (χ1n) is 11.5. The highest BCUT2D eigenvalue weighted by molar-refractivity contribution is 5.89. The molecule has 180 valence electrons. The van der Waals surface area contributed by atoms with Gasteiger partial charge in [0.2, 0.25) is 5.91 Å². The van der Waals surface area contributed by atoms with Crippen LogP contribution >= 0.6 is 0 Å². The Morgan fingerprint density at radius 3 is 2.00 bits per heavy atom. The van der Waals surface area contributed by atoms with Crippen LogP contribution in [0.3, 0.4) is 0 Å². The Kier molecular flexibility index (Phi) is 6.87. The van der Waals surface area contributed by atoms with Crippen molar-refractivity contribution in [1.29, 1.82) is 0 Å². The molecule has 0 spiro atoms. The molecule has 0 saturated carbocycles. The minimum Gasteiger partial charge on any atom is -0.481 e. The van der Waals surface area contributed by atoms with Crippen molar-refractivity contribution >= 4 is 18.0 Å². The van der Waals surface area contributed by atoms with Crippen LogP contribution in [0.1, 0.15) is 42.9 Å². The van der Waals surface area contributed by atoms with Gasteiger partial charge in [-0.2, -0.15) is 0 Å². The molecule has 4 rings (SSSR count). The summed E-state index contributed by atoms with van der Waals surface area (Å²) in [6, 6.07) is 23.9. The van der Waals surface area contributed by atoms with Crippen molar-refractivity contribution in [2.45, 2.75) is 37.8 Å². The lowest BCUT2D eigenvalue weighted by Crippen LogP contribution is -2.52. The van der Waals surface area contributed by atoms with Crippen LogP contribution in [0.4, 0.5) is 4.79 Å². The molecule has 2 amide bonds. The molecule has 1 aliphatic carbocycles. The Morgan fingerprint density at radius 2 is 1.43 bits per heavy atom. The lowest BCUT2D eigenvalue weighted by molar-refractivity contribution is -0.140. The van der Waals surface area contributed by atoms with Gasteiger partial charge < -0.3 is 20.5 Å². The highest BCUT2D eigenvalue weighted by Gasteiger charge is 2.32. The number of aliphatic carboxylic acids is 1. The van der Waals surface area contributed by atoms with E-state index in [-0.39, 0.29) is 12.5 Å². The third-order valence-electron chi connectivity index (χ3n) is 6.26. The SMILES string of the molecule is CC(C)(NC(=O)C(CC(=O)O)NC(=O)OCC1c2ccccc2-c2ccccc21)c1ccccc1. The van der Waals surface area contributed by atoms with E-state index in [0.717, 1.165) is 27.8 Å². The molecule has 1 atom stereocenters. The first-order chi connectivity index (χ1) is 16.8. The summed E-state index contributed by atoms with van der Waals surface area (Å²) in [6.45, 7) is 3.69. The Balaban J connectivity index is 1.43. The van der Waals surface area contributed by atoms with Gasteiger partial charge in [-0.1, -0.05) is 78.9 Å². The third-order valence-corrected chi connectivity index (χ3v) is 6.26. The largest absolute Gasteiger partial charge is 0.481 e. The first kappa shape index (κ1) is 24.0. The lowest BCUT2D eigenvalue weighted by atomic mass is 9.94. The summed E-state index contributed by atoms with van der Waals surface area (Å²) in [4.78, 5) is 37.0. The maximum Gasteiger partial charge on any atom is 0.407 e. The summed E-state index contributed by atoms with van der Waals surface area (Å²) >= 11 is 0. The maximum atomic E-state index is 12.9. The standard InChI is InChI=1S/C28H28N2O5/c1-28(2,18-10-4-3-5-11-18)30-26(33)24(16-25(31)32)29-27(34)35-17-23-21-14-8-6-12-19(21)20-13-7-9-15-22(20)23/h3-15,23-24H,16-17H2,1-2H3,(H,29,34)(H,30,33)(H,31,32). The molecule has 35 heavy (non-hydrogen) atoms. The fourth-order valence-corrected chi connectivity index (χ4v) is 4.49. The third kappa shape index (κ3) is 5.35. The average molecular weight is 473 g/mol. The van der Waals surface area contributed by atoms with E-state index in [0.29, 0.717) is 0 Å². The number of carbonyl (C=O) groups excluding carboxylic acids is 2. The van der Waals surface area contributed by atoms with Crippen LogP contribution in [0.5, 0.6) is 0 Å². The number of carboxylic acid groups (broad SMARTS) is 1. The lowest BCUT2D eigenvalue weighted by Gasteiger charge is -2.29. The van der Waals surface area contributed by atoms with E-state index in [4.69, 9.17) is 4.74 Å². The van der Waals surface area contributed by atoms with Gasteiger partial charge in [0.15, 0.2) is 0 Å². The van der Waals surface area contributed by atoms with Gasteiger partial charge in [-0.05, 0) is 41.7 Å². The zero-order valence-corrected chi connectivity index (χ0v) is 19.7. The van der Waals surface area contributed by atoms with Crippen molar-refractivity contribution in [2.24, 2.45) is 0 Å². The molecule has 0 aliphatic heterocycles. The van der Waals surface area contributed by atoms with Gasteiger partial charge in [0.25, 0.3) is 0 Å². The number of hydrogen-bond acceptors (Lipinski definition) is 4. The van der Waals surface area contributed by atoms with Gasteiger partial charge in [0.05, 0.1) is 12.0 Å². The number of benzene rings is 3. The fraction of sp³-hybridized carbons (Fsp3) is 0.250. The van der Waals surface area contributed by atoms with Gasteiger partial charge in [-0.25, -0.2) is 4.79 Å². The molecule has 3 N–H and O–H groups in total. The van der Waals surface area contributed by atoms with E-state index in [2.05, 4.69) is 10.6 Å². The van der Waals surface area contributed by atoms with E-state index in [1.807, 2.05) is 92.7 Å². The number of rotatable bonds is 8. The van der Waals surface area contributed by atoms with Crippen LogP contribution in [0.25, 0.3) is 11.1 Å². The first-order valence-corrected chi connectivity index (χ1v) is 11.5. The van der Waals surface area contributed by atoms with Crippen LogP contribution in [-0.2, 0) is 19.9 Å². The molecule has 0 radical (unpaired) electrons. The molecular formula is C28H28N2O5. The summed E-state index contributed by atoms with van der Waals surface area (Å²) in [7, 11) is 0. The van der Waals surface area contributed by atoms with E-state index in [9.17, 15) is 19.5 Å². The van der Waals surface area contributed by atoms with Gasteiger partial charge in [0, 0.05) is 5.92 Å². The van der Waals surface area contributed by atoms with E-state index in [1.54, 1.807) is 0 Å². The molecule has 0 saturated heterocycles. The zero-order chi connectivity index (χ0) is 25.0. The summed E-state index contributed by atoms with van der Waals surface area (Å²) in [5, 5.41) is 14.6. The molecule has 0 heterocycles. The topological polar surface area (TPSA) is 105 Å². The highest BCUT2D eigenvalue weighted by atomic mass is 16.5. The summed E-state index contributed by atoms with van der Waals surface area (Å²) in [6.07, 6.45) is -1.41. The molecule has 7 nitrogen and oxygen atoms in total. The number of alkyl carbamates (subject to hydrolysis) is 1. The number of amides is 2. The molecule has 3 aromatic rings. The van der Waals surface area contributed by atoms with Crippen LogP contribution in [0, 0.1) is 0 Å². The van der Waals surface area contributed by atoms with Crippen molar-refractivity contribution in [2.75, 3.05) is 6.61 Å².